The SMILES string of the molecule is CONC(=O)COc1cccnc1OCC(=O)NOC. The van der Waals surface area contributed by atoms with Gasteiger partial charge in [-0.15, -0.1) is 0 Å². The molecule has 0 aliphatic heterocycles. The molecule has 0 aromatic carbocycles. The van der Waals surface area contributed by atoms with Crippen LogP contribution in [0.1, 0.15) is 0 Å². The number of pyridine rings is 1. The van der Waals surface area contributed by atoms with Crippen molar-refractivity contribution in [3.8, 4) is 11.6 Å². The van der Waals surface area contributed by atoms with Crippen molar-refractivity contribution in [2.45, 2.75) is 0 Å². The molecule has 1 aromatic rings. The first-order valence-corrected chi connectivity index (χ1v) is 5.51. The number of nitrogens with one attached hydrogen (secondary N) is 2. The first-order chi connectivity index (χ1) is 9.67. The van der Waals surface area contributed by atoms with Gasteiger partial charge in [0.1, 0.15) is 0 Å². The molecule has 2 N–H and O–H groups in total. The smallest absolute Gasteiger partial charge is 0.281 e. The first-order valence-electron chi connectivity index (χ1n) is 5.51. The Morgan fingerprint density at radius 3 is 2.30 bits per heavy atom. The molecule has 0 aliphatic rings. The van der Waals surface area contributed by atoms with Gasteiger partial charge in [0.2, 0.25) is 0 Å². The fraction of sp³-hybridized carbons (Fsp3) is 0.364. The van der Waals surface area contributed by atoms with E-state index in [4.69, 9.17) is 9.47 Å². The zero-order valence-electron chi connectivity index (χ0n) is 11.0. The van der Waals surface area contributed by atoms with Gasteiger partial charge in [-0.25, -0.2) is 15.9 Å². The second-order valence-electron chi connectivity index (χ2n) is 3.34. The van der Waals surface area contributed by atoms with Crippen molar-refractivity contribution in [2.75, 3.05) is 27.4 Å². The number of hydrogen-bond acceptors (Lipinski definition) is 7. The second-order valence-corrected chi connectivity index (χ2v) is 3.34. The van der Waals surface area contributed by atoms with E-state index in [1.165, 1.54) is 20.4 Å². The average molecular weight is 285 g/mol. The van der Waals surface area contributed by atoms with Crippen LogP contribution in [0.5, 0.6) is 11.6 Å². The Morgan fingerprint density at radius 1 is 1.10 bits per heavy atom. The Labute approximate surface area is 115 Å². The molecule has 0 saturated carbocycles. The van der Waals surface area contributed by atoms with Gasteiger partial charge in [0.25, 0.3) is 17.7 Å². The van der Waals surface area contributed by atoms with E-state index in [0.29, 0.717) is 0 Å². The highest BCUT2D eigenvalue weighted by Crippen LogP contribution is 2.23. The Hall–Kier alpha value is -2.39. The maximum absolute atomic E-state index is 11.2. The molecule has 0 radical (unpaired) electrons. The van der Waals surface area contributed by atoms with Crippen LogP contribution in [-0.4, -0.2) is 44.2 Å². The molecule has 0 saturated heterocycles. The highest BCUT2D eigenvalue weighted by atomic mass is 16.6. The number of hydroxylamine groups is 2. The predicted octanol–water partition coefficient (Wildman–Crippen LogP) is -0.806. The molecule has 9 heteroatoms. The number of hydrogen-bond donors (Lipinski definition) is 2. The van der Waals surface area contributed by atoms with Gasteiger partial charge in [-0.2, -0.15) is 0 Å². The lowest BCUT2D eigenvalue weighted by atomic mass is 10.4. The number of aromatic nitrogens is 1. The van der Waals surface area contributed by atoms with Crippen LogP contribution < -0.4 is 20.4 Å². The fourth-order valence-electron chi connectivity index (χ4n) is 1.16. The van der Waals surface area contributed by atoms with Crippen molar-refractivity contribution < 1.29 is 28.7 Å². The normalized spacial score (nSPS) is 9.70. The van der Waals surface area contributed by atoms with Crippen LogP contribution in [0, 0.1) is 0 Å². The van der Waals surface area contributed by atoms with Crippen LogP contribution in [0.3, 0.4) is 0 Å². The van der Waals surface area contributed by atoms with Crippen LogP contribution in [0.4, 0.5) is 0 Å². The number of nitrogens with zero attached hydrogens (tertiary/aromatic N) is 1. The minimum Gasteiger partial charge on any atom is -0.478 e. The van der Waals surface area contributed by atoms with Gasteiger partial charge >= 0.3 is 0 Å². The molecule has 0 atom stereocenters. The summed E-state index contributed by atoms with van der Waals surface area (Å²) in [6.45, 7) is -0.578. The lowest BCUT2D eigenvalue weighted by molar-refractivity contribution is -0.134. The van der Waals surface area contributed by atoms with Crippen molar-refractivity contribution in [2.24, 2.45) is 0 Å². The number of carbonyl (C=O) groups excluding carboxylic acids is 2. The largest absolute Gasteiger partial charge is 0.478 e. The molecule has 0 fully saturated rings. The molecule has 0 aliphatic carbocycles. The Morgan fingerprint density at radius 2 is 1.70 bits per heavy atom. The highest BCUT2D eigenvalue weighted by molar-refractivity contribution is 5.77. The topological polar surface area (TPSA) is 108 Å². The molecular formula is C11H15N3O6. The molecule has 2 amide bonds. The molecule has 110 valence electrons. The minimum absolute atomic E-state index is 0.0870. The molecule has 1 heterocycles. The molecule has 9 nitrogen and oxygen atoms in total. The summed E-state index contributed by atoms with van der Waals surface area (Å²) in [6, 6.07) is 3.16. The van der Waals surface area contributed by atoms with E-state index >= 15 is 0 Å². The van der Waals surface area contributed by atoms with E-state index in [1.54, 1.807) is 12.1 Å². The number of amides is 2. The van der Waals surface area contributed by atoms with Crippen molar-refractivity contribution in [1.29, 1.82) is 0 Å². The van der Waals surface area contributed by atoms with E-state index in [1.807, 2.05) is 0 Å². The third-order valence-corrected chi connectivity index (χ3v) is 1.87. The van der Waals surface area contributed by atoms with Gasteiger partial charge in [-0.3, -0.25) is 19.3 Å². The van der Waals surface area contributed by atoms with Gasteiger partial charge in [0.05, 0.1) is 14.2 Å². The summed E-state index contributed by atoms with van der Waals surface area (Å²) in [6.07, 6.45) is 1.46. The molecule has 0 bridgehead atoms. The first kappa shape index (κ1) is 15.7. The maximum atomic E-state index is 11.2. The summed E-state index contributed by atoms with van der Waals surface area (Å²) in [5, 5.41) is 0. The van der Waals surface area contributed by atoms with Gasteiger partial charge in [0, 0.05) is 6.20 Å². The van der Waals surface area contributed by atoms with Crippen molar-refractivity contribution in [3.63, 3.8) is 0 Å². The molecule has 0 spiro atoms. The van der Waals surface area contributed by atoms with Gasteiger partial charge in [-0.1, -0.05) is 0 Å². The number of carbonyl (C=O) groups is 2. The van der Waals surface area contributed by atoms with Crippen LogP contribution in [0.25, 0.3) is 0 Å². The maximum Gasteiger partial charge on any atom is 0.281 e. The molecule has 20 heavy (non-hydrogen) atoms. The monoisotopic (exact) mass is 285 g/mol. The zero-order valence-corrected chi connectivity index (χ0v) is 11.0. The summed E-state index contributed by atoms with van der Waals surface area (Å²) in [7, 11) is 2.62. The third-order valence-electron chi connectivity index (χ3n) is 1.87. The Balaban J connectivity index is 2.54. The molecule has 0 unspecified atom stereocenters. The summed E-state index contributed by atoms with van der Waals surface area (Å²) in [5.41, 5.74) is 4.19. The predicted molar refractivity (Wildman–Crippen MR) is 65.5 cm³/mol. The van der Waals surface area contributed by atoms with Crippen molar-refractivity contribution in [3.05, 3.63) is 18.3 Å². The number of rotatable bonds is 8. The van der Waals surface area contributed by atoms with E-state index in [-0.39, 0.29) is 24.8 Å². The third kappa shape index (κ3) is 5.50. The standard InChI is InChI=1S/C11H15N3O6/c1-17-13-9(15)6-19-8-4-3-5-12-11(8)20-7-10(16)14-18-2/h3-5H,6-7H2,1-2H3,(H,13,15)(H,14,16). The van der Waals surface area contributed by atoms with E-state index in [0.717, 1.165) is 0 Å². The van der Waals surface area contributed by atoms with Crippen LogP contribution >= 0.6 is 0 Å². The second kappa shape index (κ2) is 8.67. The number of ether oxygens (including phenoxy) is 2. The Kier molecular flexibility index (Phi) is 6.79. The van der Waals surface area contributed by atoms with Crippen LogP contribution in [0.15, 0.2) is 18.3 Å². The lowest BCUT2D eigenvalue weighted by Crippen LogP contribution is -2.29. The summed E-state index contributed by atoms with van der Waals surface area (Å²) in [4.78, 5) is 35.1. The summed E-state index contributed by atoms with van der Waals surface area (Å²) < 4.78 is 10.4. The summed E-state index contributed by atoms with van der Waals surface area (Å²) in [5.74, 6) is -0.645. The zero-order chi connectivity index (χ0) is 14.8. The van der Waals surface area contributed by atoms with Crippen molar-refractivity contribution >= 4 is 11.8 Å². The Bertz CT molecular complexity index is 413. The van der Waals surface area contributed by atoms with Crippen molar-refractivity contribution in [1.82, 2.24) is 15.9 Å². The van der Waals surface area contributed by atoms with Gasteiger partial charge in [-0.05, 0) is 12.1 Å². The molecular weight excluding hydrogens is 270 g/mol. The van der Waals surface area contributed by atoms with Gasteiger partial charge < -0.3 is 9.47 Å². The minimum atomic E-state index is -0.485. The fourth-order valence-corrected chi connectivity index (χ4v) is 1.16. The highest BCUT2D eigenvalue weighted by Gasteiger charge is 2.10. The van der Waals surface area contributed by atoms with Crippen LogP contribution in [0.2, 0.25) is 0 Å². The summed E-state index contributed by atoms with van der Waals surface area (Å²) >= 11 is 0. The molecule has 1 aromatic heterocycles. The van der Waals surface area contributed by atoms with Gasteiger partial charge in [0.15, 0.2) is 19.0 Å². The van der Waals surface area contributed by atoms with E-state index in [2.05, 4.69) is 25.6 Å². The molecule has 1 rings (SSSR count). The van der Waals surface area contributed by atoms with E-state index in [9.17, 15) is 9.59 Å². The lowest BCUT2D eigenvalue weighted by Gasteiger charge is -2.10. The van der Waals surface area contributed by atoms with Crippen LogP contribution in [-0.2, 0) is 19.3 Å². The van der Waals surface area contributed by atoms with E-state index < -0.39 is 11.8 Å². The quantitative estimate of drug-likeness (QED) is 0.602. The average Bonchev–Trinajstić information content (AvgIpc) is 2.44.